The van der Waals surface area contributed by atoms with Crippen LogP contribution in [0.15, 0.2) is 78.9 Å². The Hall–Kier alpha value is -3.56. The van der Waals surface area contributed by atoms with Crippen LogP contribution in [0.25, 0.3) is 0 Å². The van der Waals surface area contributed by atoms with Crippen molar-refractivity contribution in [1.82, 2.24) is 10.2 Å². The first kappa shape index (κ1) is 32.4. The number of carbonyl (C=O) groups excluding carboxylic acids is 1. The summed E-state index contributed by atoms with van der Waals surface area (Å²) in [5.41, 5.74) is 5.06. The number of ether oxygens (including phenoxy) is 2. The van der Waals surface area contributed by atoms with E-state index in [4.69, 9.17) is 14.6 Å². The highest BCUT2D eigenvalue weighted by Crippen LogP contribution is 2.38. The molecule has 4 rings (SSSR count). The van der Waals surface area contributed by atoms with Crippen LogP contribution in [-0.2, 0) is 32.2 Å². The maximum absolute atomic E-state index is 12.2. The number of benzene rings is 3. The standard InChI is InChI=1S/C35H44N2O6/c1-25(28-9-5-3-6-10-28)37(2)23-31-21-32(29-17-15-27(24-38)16-18-29)43-35(42-31)30-19-13-26(14-20-30)22-36-33(39)11-7-4-8-12-34(40)41/h3,5-6,9-10,13-20,25,31-32,35,38H,4,7-8,11-12,21-24H2,1-2H3,(H,36,39)(H,40,41)/t25-,31-,32+,35+/m0/s1. The first-order valence-electron chi connectivity index (χ1n) is 15.2. The molecule has 43 heavy (non-hydrogen) atoms. The number of nitrogens with one attached hydrogen (secondary N) is 1. The van der Waals surface area contributed by atoms with Crippen LogP contribution in [0.1, 0.15) is 91.7 Å². The van der Waals surface area contributed by atoms with Crippen LogP contribution in [0.5, 0.6) is 0 Å². The zero-order chi connectivity index (χ0) is 30.6. The predicted octanol–water partition coefficient (Wildman–Crippen LogP) is 6.07. The molecule has 230 valence electrons. The molecule has 0 aromatic heterocycles. The third-order valence-electron chi connectivity index (χ3n) is 8.09. The average Bonchev–Trinajstić information content (AvgIpc) is 3.03. The van der Waals surface area contributed by atoms with E-state index in [1.807, 2.05) is 54.6 Å². The van der Waals surface area contributed by atoms with Crippen molar-refractivity contribution < 1.29 is 29.3 Å². The minimum absolute atomic E-state index is 0.00191. The summed E-state index contributed by atoms with van der Waals surface area (Å²) >= 11 is 0. The van der Waals surface area contributed by atoms with Gasteiger partial charge in [-0.2, -0.15) is 0 Å². The van der Waals surface area contributed by atoms with Crippen LogP contribution in [0.3, 0.4) is 0 Å². The van der Waals surface area contributed by atoms with Gasteiger partial charge in [0, 0.05) is 44.0 Å². The molecule has 1 amide bonds. The summed E-state index contributed by atoms with van der Waals surface area (Å²) in [6.45, 7) is 3.36. The summed E-state index contributed by atoms with van der Waals surface area (Å²) in [4.78, 5) is 25.1. The highest BCUT2D eigenvalue weighted by atomic mass is 16.7. The van der Waals surface area contributed by atoms with E-state index in [-0.39, 0.29) is 37.2 Å². The maximum Gasteiger partial charge on any atom is 0.303 e. The quantitative estimate of drug-likeness (QED) is 0.185. The molecule has 1 fully saturated rings. The van der Waals surface area contributed by atoms with Gasteiger partial charge < -0.3 is 25.0 Å². The second-order valence-electron chi connectivity index (χ2n) is 11.3. The van der Waals surface area contributed by atoms with Gasteiger partial charge in [0.1, 0.15) is 0 Å². The fourth-order valence-electron chi connectivity index (χ4n) is 5.32. The predicted molar refractivity (Wildman–Crippen MR) is 165 cm³/mol. The van der Waals surface area contributed by atoms with Crippen molar-refractivity contribution in [3.63, 3.8) is 0 Å². The molecule has 8 nitrogen and oxygen atoms in total. The maximum atomic E-state index is 12.2. The number of rotatable bonds is 15. The summed E-state index contributed by atoms with van der Waals surface area (Å²) in [5.74, 6) is -0.838. The topological polar surface area (TPSA) is 108 Å². The van der Waals surface area contributed by atoms with Crippen molar-refractivity contribution in [2.75, 3.05) is 13.6 Å². The summed E-state index contributed by atoms with van der Waals surface area (Å²) in [6.07, 6.45) is 2.47. The highest BCUT2D eigenvalue weighted by Gasteiger charge is 2.33. The Bertz CT molecular complexity index is 1280. The number of likely N-dealkylation sites (N-methyl/N-ethyl adjacent to an activating group) is 1. The molecule has 0 unspecified atom stereocenters. The number of aliphatic hydroxyl groups is 1. The molecule has 1 aliphatic heterocycles. The van der Waals surface area contributed by atoms with Gasteiger partial charge in [-0.1, -0.05) is 85.3 Å². The first-order valence-corrected chi connectivity index (χ1v) is 15.2. The van der Waals surface area contributed by atoms with Crippen molar-refractivity contribution >= 4 is 11.9 Å². The zero-order valence-corrected chi connectivity index (χ0v) is 25.2. The number of nitrogens with zero attached hydrogens (tertiary/aromatic N) is 1. The molecule has 3 aromatic rings. The van der Waals surface area contributed by atoms with E-state index in [1.165, 1.54) is 5.56 Å². The second kappa shape index (κ2) is 16.3. The molecule has 3 aromatic carbocycles. The lowest BCUT2D eigenvalue weighted by Gasteiger charge is -2.39. The number of carboxylic acids is 1. The number of aliphatic hydroxyl groups excluding tert-OH is 1. The van der Waals surface area contributed by atoms with Crippen LogP contribution in [0.2, 0.25) is 0 Å². The van der Waals surface area contributed by atoms with E-state index < -0.39 is 12.3 Å². The van der Waals surface area contributed by atoms with Crippen molar-refractivity contribution in [3.8, 4) is 0 Å². The molecule has 0 aliphatic carbocycles. The SMILES string of the molecule is C[C@@H](c1ccccc1)N(C)C[C@@H]1C[C@H](c2ccc(CO)cc2)O[C@H](c2ccc(CNC(=O)CCCCCC(=O)O)cc2)O1. The number of amides is 1. The lowest BCUT2D eigenvalue weighted by atomic mass is 9.99. The fraction of sp³-hybridized carbons (Fsp3) is 0.429. The third-order valence-corrected chi connectivity index (χ3v) is 8.09. The molecular weight excluding hydrogens is 544 g/mol. The molecule has 0 saturated carbocycles. The lowest BCUT2D eigenvalue weighted by Crippen LogP contribution is -2.38. The molecule has 0 bridgehead atoms. The highest BCUT2D eigenvalue weighted by molar-refractivity contribution is 5.75. The number of unbranched alkanes of at least 4 members (excludes halogenated alkanes) is 2. The van der Waals surface area contributed by atoms with E-state index in [2.05, 4.69) is 48.5 Å². The van der Waals surface area contributed by atoms with Crippen LogP contribution in [0.4, 0.5) is 0 Å². The van der Waals surface area contributed by atoms with Crippen molar-refractivity contribution in [3.05, 3.63) is 107 Å². The van der Waals surface area contributed by atoms with Gasteiger partial charge in [-0.15, -0.1) is 0 Å². The summed E-state index contributed by atoms with van der Waals surface area (Å²) in [5, 5.41) is 21.2. The van der Waals surface area contributed by atoms with Gasteiger partial charge in [0.25, 0.3) is 0 Å². The van der Waals surface area contributed by atoms with Gasteiger partial charge >= 0.3 is 5.97 Å². The molecule has 1 aliphatic rings. The van der Waals surface area contributed by atoms with Gasteiger partial charge in [0.15, 0.2) is 6.29 Å². The lowest BCUT2D eigenvalue weighted by molar-refractivity contribution is -0.253. The van der Waals surface area contributed by atoms with Crippen LogP contribution in [0, 0.1) is 0 Å². The zero-order valence-electron chi connectivity index (χ0n) is 25.2. The molecule has 4 atom stereocenters. The molecule has 1 saturated heterocycles. The van der Waals surface area contributed by atoms with Crippen LogP contribution < -0.4 is 5.32 Å². The Morgan fingerprint density at radius 1 is 0.884 bits per heavy atom. The normalized spacial score (nSPS) is 19.2. The van der Waals surface area contributed by atoms with Gasteiger partial charge in [0.2, 0.25) is 5.91 Å². The van der Waals surface area contributed by atoms with Crippen molar-refractivity contribution in [1.29, 1.82) is 0 Å². The number of carboxylic acid groups (broad SMARTS) is 1. The summed E-state index contributed by atoms with van der Waals surface area (Å²) in [7, 11) is 2.12. The van der Waals surface area contributed by atoms with Gasteiger partial charge in [-0.25, -0.2) is 0 Å². The van der Waals surface area contributed by atoms with Crippen molar-refractivity contribution in [2.24, 2.45) is 0 Å². The number of hydrogen-bond acceptors (Lipinski definition) is 6. The van der Waals surface area contributed by atoms with Crippen LogP contribution in [-0.4, -0.2) is 46.7 Å². The van der Waals surface area contributed by atoms with Gasteiger partial charge in [-0.05, 0) is 49.1 Å². The minimum atomic E-state index is -0.801. The average molecular weight is 589 g/mol. The van der Waals surface area contributed by atoms with E-state index in [1.54, 1.807) is 0 Å². The molecule has 8 heteroatoms. The smallest absolute Gasteiger partial charge is 0.303 e. The number of hydrogen-bond donors (Lipinski definition) is 3. The number of carbonyl (C=O) groups is 2. The third kappa shape index (κ3) is 10.0. The molecule has 0 spiro atoms. The first-order chi connectivity index (χ1) is 20.8. The Morgan fingerprint density at radius 2 is 1.53 bits per heavy atom. The fourth-order valence-corrected chi connectivity index (χ4v) is 5.32. The Morgan fingerprint density at radius 3 is 2.21 bits per heavy atom. The summed E-state index contributed by atoms with van der Waals surface area (Å²) < 4.78 is 13.0. The van der Waals surface area contributed by atoms with E-state index in [9.17, 15) is 14.7 Å². The van der Waals surface area contributed by atoms with Crippen LogP contribution >= 0.6 is 0 Å². The molecule has 3 N–H and O–H groups in total. The monoisotopic (exact) mass is 588 g/mol. The second-order valence-corrected chi connectivity index (χ2v) is 11.3. The summed E-state index contributed by atoms with van der Waals surface area (Å²) in [6, 6.07) is 26.5. The minimum Gasteiger partial charge on any atom is -0.481 e. The molecular formula is C35H44N2O6. The van der Waals surface area contributed by atoms with Gasteiger partial charge in [0.05, 0.1) is 18.8 Å². The van der Waals surface area contributed by atoms with E-state index in [0.29, 0.717) is 32.2 Å². The van der Waals surface area contributed by atoms with Gasteiger partial charge in [-0.3, -0.25) is 14.5 Å². The largest absolute Gasteiger partial charge is 0.481 e. The van der Waals surface area contributed by atoms with Crippen molar-refractivity contribution in [2.45, 2.75) is 83.1 Å². The van der Waals surface area contributed by atoms with E-state index in [0.717, 1.165) is 35.2 Å². The molecule has 1 heterocycles. The molecule has 0 radical (unpaired) electrons. The Labute approximate surface area is 254 Å². The number of aliphatic carboxylic acids is 1. The Kier molecular flexibility index (Phi) is 12.3. The van der Waals surface area contributed by atoms with E-state index >= 15 is 0 Å². The Balaban J connectivity index is 1.38.